The molecule has 6 aromatic carbocycles. The quantitative estimate of drug-likeness (QED) is 0.0430. The molecule has 0 saturated carbocycles. The van der Waals surface area contributed by atoms with Gasteiger partial charge in [0.15, 0.2) is 5.13 Å². The fraction of sp³-hybridized carbons (Fsp3) is 0.197. The molecular weight excluding hydrogens is 1490 g/mol. The minimum atomic E-state index is -0.464. The molecule has 111 heavy (non-hydrogen) atoms. The van der Waals surface area contributed by atoms with Crippen molar-refractivity contribution < 1.29 is 14.4 Å². The maximum Gasteiger partial charge on any atom is 0.338 e. The molecule has 0 saturated heterocycles. The van der Waals surface area contributed by atoms with Gasteiger partial charge in [0.1, 0.15) is 23.3 Å². The molecule has 15 rings (SSSR count). The number of hydrogen-bond acceptors (Lipinski definition) is 19. The van der Waals surface area contributed by atoms with E-state index in [1.807, 2.05) is 244 Å². The van der Waals surface area contributed by atoms with E-state index in [9.17, 15) is 43.2 Å². The Bertz CT molecular complexity index is 6230. The molecule has 15 aromatic rings. The van der Waals surface area contributed by atoms with Gasteiger partial charge in [0.2, 0.25) is 5.95 Å². The minimum absolute atomic E-state index is 0.245. The van der Waals surface area contributed by atoms with Crippen molar-refractivity contribution in [2.24, 2.45) is 0 Å². The molecule has 0 radical (unpaired) electrons. The zero-order valence-corrected chi connectivity index (χ0v) is 64.5. The second kappa shape index (κ2) is 31.9. The first-order valence-corrected chi connectivity index (χ1v) is 37.7. The van der Waals surface area contributed by atoms with E-state index >= 15 is 0 Å². The van der Waals surface area contributed by atoms with Gasteiger partial charge in [-0.2, -0.15) is 15.3 Å². The van der Waals surface area contributed by atoms with Gasteiger partial charge in [-0.25, -0.2) is 69.6 Å². The van der Waals surface area contributed by atoms with Gasteiger partial charge in [0, 0.05) is 85.4 Å². The summed E-state index contributed by atoms with van der Waals surface area (Å²) in [5.74, 6) is 2.25. The molecule has 0 fully saturated rings. The molecule has 0 unspecified atom stereocenters. The molecule has 0 bridgehead atoms. The molecule has 9 heterocycles. The Morgan fingerprint density at radius 2 is 0.793 bits per heavy atom. The standard InChI is InChI=1S/C26H25N7O3S2.C26H25N7O3S.C24H24N8O3S/c1-26(2,3)20-13-21(28-22(34)29-23-27-19(15-37-23)17-7-5-4-6-8-17)33(31-20)18-11-9-16(10-12-18)14-32-24(35)30-25(36)38-32;1-26(2,3)20-14-22(29-23(34)28-21-13-10-17-6-4-5-7-19(17)27-21)33(31-20)18-11-8-16(9-12-18)15-32-24(35)30-25(36)37-32;1-24(2,3)18-12-19(27-21(33)28-20-25-16-6-4-5-7-17(16)26-20)32(30-18)15-10-8-14(9-11-15)13-31-22(34)29-23(35)36-31/h4-13,15H,14H2,1-3H3,(H,30,35,36)(H2,27,28,29,34);4-14H,15H2,1-3H3,(H,30,35,36)(H2,27,28,29,34);4-12H,13H2,1-3H3,(H,29,34,35)(H3,25,26,27,28,33). The average Bonchev–Trinajstić information content (AvgIpc) is 1.67. The lowest BCUT2D eigenvalue weighted by Crippen LogP contribution is -2.22. The Morgan fingerprint density at radius 1 is 0.396 bits per heavy atom. The van der Waals surface area contributed by atoms with Crippen LogP contribution in [-0.4, -0.2) is 94.2 Å². The van der Waals surface area contributed by atoms with Crippen molar-refractivity contribution in [1.29, 1.82) is 0 Å². The van der Waals surface area contributed by atoms with Crippen LogP contribution in [-0.2, 0) is 35.9 Å². The number of hydrogen-bond donors (Lipinski definition) is 10. The average molecular weight is 1570 g/mol. The van der Waals surface area contributed by atoms with E-state index < -0.39 is 35.2 Å². The first kappa shape index (κ1) is 76.0. The van der Waals surface area contributed by atoms with E-state index in [1.54, 1.807) is 20.1 Å². The lowest BCUT2D eigenvalue weighted by molar-refractivity contribution is 0.261. The summed E-state index contributed by atoms with van der Waals surface area (Å²) in [5, 5.41) is 34.6. The molecule has 9 aromatic heterocycles. The number of pyridine rings is 1. The third-order valence-corrected chi connectivity index (χ3v) is 19.9. The van der Waals surface area contributed by atoms with Crippen molar-refractivity contribution in [1.82, 2.24) is 76.1 Å². The monoisotopic (exact) mass is 1570 g/mol. The maximum atomic E-state index is 12.9. The molecule has 566 valence electrons. The molecule has 0 aliphatic heterocycles. The van der Waals surface area contributed by atoms with E-state index in [1.165, 1.54) is 23.2 Å². The Morgan fingerprint density at radius 3 is 1.21 bits per heavy atom. The van der Waals surface area contributed by atoms with Gasteiger partial charge in [0.05, 0.1) is 76.0 Å². The fourth-order valence-electron chi connectivity index (χ4n) is 11.1. The number of imidazole rings is 1. The number of benzene rings is 6. The van der Waals surface area contributed by atoms with E-state index in [2.05, 4.69) is 66.8 Å². The summed E-state index contributed by atoms with van der Waals surface area (Å²) in [6.07, 6.45) is 0. The topological polar surface area (TPSA) is 396 Å². The number of rotatable bonds is 16. The predicted molar refractivity (Wildman–Crippen MR) is 435 cm³/mol. The normalized spacial score (nSPS) is 11.5. The third kappa shape index (κ3) is 18.8. The SMILES string of the molecule is CC(C)(C)c1cc(NC(=O)Nc2ccc3ccccc3n2)n(-c2ccc(Cn3sc(=O)[nH]c3=O)cc2)n1.CC(C)(C)c1cc(NC(=O)Nc2nc(-c3ccccc3)cs2)n(-c2ccc(Cn3sc(=O)[nH]c3=O)cc2)n1.CC(C)(C)c1cc(NC(=O)Nc2nc3ccccc3[nH]2)n(-c2ccc(Cn3sc(=O)[nH]c3=O)cc2)n1. The highest BCUT2D eigenvalue weighted by Crippen LogP contribution is 2.32. The van der Waals surface area contributed by atoms with Crippen LogP contribution in [0.3, 0.4) is 0 Å². The van der Waals surface area contributed by atoms with Crippen LogP contribution in [0.2, 0.25) is 0 Å². The van der Waals surface area contributed by atoms with Gasteiger partial charge in [-0.3, -0.25) is 61.2 Å². The number of carbonyl (C=O) groups is 3. The molecule has 0 atom stereocenters. The van der Waals surface area contributed by atoms with Gasteiger partial charge < -0.3 is 4.98 Å². The third-order valence-electron chi connectivity index (χ3n) is 16.8. The van der Waals surface area contributed by atoms with Crippen molar-refractivity contribution in [3.8, 4) is 28.3 Å². The summed E-state index contributed by atoms with van der Waals surface area (Å²) < 4.78 is 9.07. The van der Waals surface area contributed by atoms with Crippen LogP contribution >= 0.6 is 45.9 Å². The highest BCUT2D eigenvalue weighted by molar-refractivity contribution is 7.14. The summed E-state index contributed by atoms with van der Waals surface area (Å²) in [6.45, 7) is 19.3. The lowest BCUT2D eigenvalue weighted by atomic mass is 9.92. The van der Waals surface area contributed by atoms with Gasteiger partial charge in [-0.05, 0) is 83.4 Å². The van der Waals surface area contributed by atoms with Gasteiger partial charge >= 0.3 is 49.8 Å². The number of para-hydroxylation sites is 3. The number of nitrogens with one attached hydrogen (secondary N) is 10. The second-order valence-electron chi connectivity index (χ2n) is 28.4. The Hall–Kier alpha value is -13.3. The summed E-state index contributed by atoms with van der Waals surface area (Å²) in [6, 6.07) is 55.0. The molecule has 35 heteroatoms. The number of fused-ring (bicyclic) bond motifs is 2. The first-order chi connectivity index (χ1) is 53.0. The highest BCUT2D eigenvalue weighted by atomic mass is 32.1. The molecule has 0 spiro atoms. The Labute approximate surface area is 646 Å². The number of amides is 6. The molecule has 31 nitrogen and oxygen atoms in total. The van der Waals surface area contributed by atoms with Gasteiger partial charge in [-0.1, -0.05) is 159 Å². The zero-order valence-electron chi connectivity index (χ0n) is 61.2. The number of nitrogens with zero attached hydrogens (tertiary/aromatic N) is 12. The number of thiazole rings is 1. The minimum Gasteiger partial charge on any atom is -0.324 e. The number of anilines is 6. The van der Waals surface area contributed by atoms with E-state index in [0.717, 1.165) is 119 Å². The maximum absolute atomic E-state index is 12.9. The zero-order chi connectivity index (χ0) is 78.5. The van der Waals surface area contributed by atoms with Crippen molar-refractivity contribution >= 4 is 120 Å². The van der Waals surface area contributed by atoms with Crippen molar-refractivity contribution in [3.63, 3.8) is 0 Å². The Balaban J connectivity index is 0.000000146. The van der Waals surface area contributed by atoms with E-state index in [0.29, 0.717) is 34.4 Å². The number of aromatic nitrogens is 16. The highest BCUT2D eigenvalue weighted by Gasteiger charge is 2.26. The smallest absolute Gasteiger partial charge is 0.324 e. The first-order valence-electron chi connectivity index (χ1n) is 34.5. The van der Waals surface area contributed by atoms with Crippen molar-refractivity contribution in [2.75, 3.05) is 31.9 Å². The number of urea groups is 3. The summed E-state index contributed by atoms with van der Waals surface area (Å²) in [4.78, 5) is 130. The van der Waals surface area contributed by atoms with Crippen LogP contribution in [0.5, 0.6) is 0 Å². The summed E-state index contributed by atoms with van der Waals surface area (Å²) in [7, 11) is 0. The van der Waals surface area contributed by atoms with Crippen LogP contribution in [0.1, 0.15) is 96.1 Å². The number of aromatic amines is 4. The van der Waals surface area contributed by atoms with Crippen molar-refractivity contribution in [2.45, 2.75) is 98.2 Å². The fourth-order valence-corrected chi connectivity index (χ4v) is 13.8. The molecule has 6 amide bonds. The van der Waals surface area contributed by atoms with Crippen LogP contribution in [0.25, 0.3) is 50.3 Å². The number of carbonyl (C=O) groups excluding carboxylic acids is 3. The number of H-pyrrole nitrogens is 4. The lowest BCUT2D eigenvalue weighted by Gasteiger charge is -2.14. The van der Waals surface area contributed by atoms with Crippen LogP contribution in [0.4, 0.5) is 48.7 Å². The molecule has 0 aliphatic rings. The molecule has 0 aliphatic carbocycles. The van der Waals surface area contributed by atoms with Gasteiger partial charge in [0.25, 0.3) is 0 Å². The van der Waals surface area contributed by atoms with Crippen LogP contribution in [0, 0.1) is 0 Å². The van der Waals surface area contributed by atoms with E-state index in [4.69, 9.17) is 15.3 Å². The largest absolute Gasteiger partial charge is 0.338 e. The van der Waals surface area contributed by atoms with Crippen LogP contribution in [0.15, 0.2) is 216 Å². The Kier molecular flexibility index (Phi) is 21.8. The van der Waals surface area contributed by atoms with Crippen molar-refractivity contribution in [3.05, 3.63) is 282 Å². The second-order valence-corrected chi connectivity index (χ2v) is 32.2. The van der Waals surface area contributed by atoms with Gasteiger partial charge in [-0.15, -0.1) is 11.3 Å². The summed E-state index contributed by atoms with van der Waals surface area (Å²) >= 11 is 3.87. The van der Waals surface area contributed by atoms with E-state index in [-0.39, 0.29) is 50.5 Å². The predicted octanol–water partition coefficient (Wildman–Crippen LogP) is 12.9. The molecular formula is C76H74N22O9S4. The summed E-state index contributed by atoms with van der Waals surface area (Å²) in [5.41, 5.74) is 9.23. The molecule has 10 N–H and O–H groups in total. The van der Waals surface area contributed by atoms with Crippen LogP contribution < -0.4 is 63.6 Å².